The van der Waals surface area contributed by atoms with Crippen LogP contribution in [0.5, 0.6) is 5.75 Å². The molecule has 0 fully saturated rings. The van der Waals surface area contributed by atoms with E-state index in [-0.39, 0.29) is 18.4 Å². The Kier molecular flexibility index (Phi) is 5.99. The summed E-state index contributed by atoms with van der Waals surface area (Å²) in [6, 6.07) is 22.5. The molecular formula is C27H26N4O3. The van der Waals surface area contributed by atoms with E-state index in [0.717, 1.165) is 35.3 Å². The maximum Gasteiger partial charge on any atom is 0.265 e. The van der Waals surface area contributed by atoms with Gasteiger partial charge in [0.05, 0.1) is 16.7 Å². The largest absolute Gasteiger partial charge is 0.482 e. The molecule has 7 nitrogen and oxygen atoms in total. The van der Waals surface area contributed by atoms with Crippen LogP contribution in [0, 0.1) is 0 Å². The minimum absolute atomic E-state index is 0.0687. The van der Waals surface area contributed by atoms with E-state index in [1.165, 1.54) is 0 Å². The van der Waals surface area contributed by atoms with E-state index < -0.39 is 6.04 Å². The lowest BCUT2D eigenvalue weighted by Crippen LogP contribution is -2.51. The van der Waals surface area contributed by atoms with Crippen molar-refractivity contribution in [2.24, 2.45) is 0 Å². The van der Waals surface area contributed by atoms with Crippen LogP contribution in [0.3, 0.4) is 0 Å². The van der Waals surface area contributed by atoms with E-state index >= 15 is 0 Å². The normalized spacial score (nSPS) is 13.9. The van der Waals surface area contributed by atoms with Crippen molar-refractivity contribution in [1.82, 2.24) is 9.97 Å². The third kappa shape index (κ3) is 4.37. The van der Waals surface area contributed by atoms with Gasteiger partial charge >= 0.3 is 0 Å². The second-order valence-corrected chi connectivity index (χ2v) is 8.33. The number of rotatable bonds is 7. The van der Waals surface area contributed by atoms with E-state index in [1.54, 1.807) is 11.0 Å². The highest BCUT2D eigenvalue weighted by atomic mass is 16.5. The zero-order valence-corrected chi connectivity index (χ0v) is 19.0. The molecule has 1 atom stereocenters. The highest BCUT2D eigenvalue weighted by Crippen LogP contribution is 2.33. The van der Waals surface area contributed by atoms with Crippen molar-refractivity contribution in [2.45, 2.75) is 32.2 Å². The second-order valence-electron chi connectivity index (χ2n) is 8.33. The summed E-state index contributed by atoms with van der Waals surface area (Å²) in [6.07, 6.45) is 2.13. The summed E-state index contributed by atoms with van der Waals surface area (Å²) in [6.45, 7) is 1.83. The van der Waals surface area contributed by atoms with E-state index in [1.807, 2.05) is 73.7 Å². The third-order valence-corrected chi connectivity index (χ3v) is 6.06. The Balaban J connectivity index is 1.24. The molecule has 0 bridgehead atoms. The second kappa shape index (κ2) is 9.39. The topological polar surface area (TPSA) is 87.3 Å². The molecule has 172 valence electrons. The first-order valence-electron chi connectivity index (χ1n) is 11.5. The molecule has 34 heavy (non-hydrogen) atoms. The molecule has 2 N–H and O–H groups in total. The van der Waals surface area contributed by atoms with Gasteiger partial charge in [-0.1, -0.05) is 43.3 Å². The number of nitrogens with one attached hydrogen (secondary N) is 2. The zero-order chi connectivity index (χ0) is 23.5. The van der Waals surface area contributed by atoms with Crippen molar-refractivity contribution < 1.29 is 14.3 Å². The molecule has 1 aromatic heterocycles. The van der Waals surface area contributed by atoms with Crippen LogP contribution in [0.25, 0.3) is 11.0 Å². The average molecular weight is 455 g/mol. The van der Waals surface area contributed by atoms with Gasteiger partial charge in [0, 0.05) is 12.1 Å². The number of nitrogens with zero attached hydrogens (tertiary/aromatic N) is 2. The van der Waals surface area contributed by atoms with Gasteiger partial charge in [-0.05, 0) is 54.8 Å². The number of aromatic nitrogens is 2. The van der Waals surface area contributed by atoms with Gasteiger partial charge in [0.25, 0.3) is 5.91 Å². The molecule has 1 aliphatic heterocycles. The molecule has 0 spiro atoms. The van der Waals surface area contributed by atoms with Gasteiger partial charge in [0.1, 0.15) is 17.6 Å². The molecule has 0 saturated heterocycles. The quantitative estimate of drug-likeness (QED) is 0.431. The lowest BCUT2D eigenvalue weighted by Gasteiger charge is -2.34. The molecule has 4 aromatic rings. The Hall–Kier alpha value is -4.13. The summed E-state index contributed by atoms with van der Waals surface area (Å²) in [4.78, 5) is 35.3. The fourth-order valence-electron chi connectivity index (χ4n) is 4.32. The number of amides is 2. The molecule has 0 radical (unpaired) electrons. The van der Waals surface area contributed by atoms with E-state index in [2.05, 4.69) is 15.3 Å². The van der Waals surface area contributed by atoms with Crippen LogP contribution in [0.4, 0.5) is 11.4 Å². The average Bonchev–Trinajstić information content (AvgIpc) is 3.28. The molecule has 0 saturated carbocycles. The minimum Gasteiger partial charge on any atom is -0.482 e. The SMILES string of the molecule is CC[C@@H](C(=O)Nc1ccc(CCc2nc3ccccc3[nH]2)cc1)N1C(=O)COc2ccccc21. The van der Waals surface area contributed by atoms with Crippen molar-refractivity contribution in [3.05, 3.63) is 84.2 Å². The number of H-pyrrole nitrogens is 1. The van der Waals surface area contributed by atoms with Gasteiger partial charge in [-0.2, -0.15) is 0 Å². The van der Waals surface area contributed by atoms with E-state index in [4.69, 9.17) is 4.74 Å². The molecular weight excluding hydrogens is 428 g/mol. The predicted octanol–water partition coefficient (Wildman–Crippen LogP) is 4.49. The zero-order valence-electron chi connectivity index (χ0n) is 19.0. The number of aryl methyl sites for hydroxylation is 2. The lowest BCUT2D eigenvalue weighted by molar-refractivity contribution is -0.125. The molecule has 5 rings (SSSR count). The Labute approximate surface area is 197 Å². The first-order chi connectivity index (χ1) is 16.6. The molecule has 0 unspecified atom stereocenters. The van der Waals surface area contributed by atoms with Crippen LogP contribution in [0.15, 0.2) is 72.8 Å². The predicted molar refractivity (Wildman–Crippen MR) is 132 cm³/mol. The smallest absolute Gasteiger partial charge is 0.265 e. The van der Waals surface area contributed by atoms with Gasteiger partial charge in [-0.3, -0.25) is 14.5 Å². The first-order valence-corrected chi connectivity index (χ1v) is 11.5. The summed E-state index contributed by atoms with van der Waals surface area (Å²) in [5.74, 6) is 1.13. The van der Waals surface area contributed by atoms with E-state index in [9.17, 15) is 9.59 Å². The minimum atomic E-state index is -0.620. The number of carbonyl (C=O) groups excluding carboxylic acids is 2. The van der Waals surface area contributed by atoms with Crippen molar-refractivity contribution in [3.63, 3.8) is 0 Å². The molecule has 2 heterocycles. The monoisotopic (exact) mass is 454 g/mol. The third-order valence-electron chi connectivity index (χ3n) is 6.06. The van der Waals surface area contributed by atoms with Crippen LogP contribution in [-0.2, 0) is 22.4 Å². The summed E-state index contributed by atoms with van der Waals surface area (Å²) < 4.78 is 5.51. The highest BCUT2D eigenvalue weighted by molar-refractivity contribution is 6.07. The summed E-state index contributed by atoms with van der Waals surface area (Å²) in [5, 5.41) is 2.97. The van der Waals surface area contributed by atoms with Gasteiger partial charge < -0.3 is 15.0 Å². The van der Waals surface area contributed by atoms with Crippen molar-refractivity contribution in [1.29, 1.82) is 0 Å². The van der Waals surface area contributed by atoms with Crippen LogP contribution < -0.4 is 15.0 Å². The Bertz CT molecular complexity index is 1300. The number of aromatic amines is 1. The van der Waals surface area contributed by atoms with E-state index in [0.29, 0.717) is 23.5 Å². The number of hydrogen-bond donors (Lipinski definition) is 2. The standard InChI is InChI=1S/C27H26N4O3/c1-2-22(31-23-9-5-6-10-24(23)34-17-26(31)32)27(33)28-19-14-11-18(12-15-19)13-16-25-29-20-7-3-4-8-21(20)30-25/h3-12,14-15,22H,2,13,16-17H2,1H3,(H,28,33)(H,29,30)/t22-/m0/s1. The van der Waals surface area contributed by atoms with Crippen molar-refractivity contribution in [3.8, 4) is 5.75 Å². The number of anilines is 2. The highest BCUT2D eigenvalue weighted by Gasteiger charge is 2.34. The molecule has 7 heteroatoms. The van der Waals surface area contributed by atoms with Crippen LogP contribution >= 0.6 is 0 Å². The number of ether oxygens (including phenoxy) is 1. The Morgan fingerprint density at radius 1 is 1.06 bits per heavy atom. The number of imidazole rings is 1. The van der Waals surface area contributed by atoms with Crippen molar-refractivity contribution in [2.75, 3.05) is 16.8 Å². The van der Waals surface area contributed by atoms with Gasteiger partial charge in [-0.25, -0.2) is 4.98 Å². The fraction of sp³-hybridized carbons (Fsp3) is 0.222. The number of carbonyl (C=O) groups is 2. The van der Waals surface area contributed by atoms with Gasteiger partial charge in [0.2, 0.25) is 5.91 Å². The first kappa shape index (κ1) is 21.7. The van der Waals surface area contributed by atoms with Crippen LogP contribution in [0.1, 0.15) is 24.7 Å². The van der Waals surface area contributed by atoms with Crippen molar-refractivity contribution >= 4 is 34.2 Å². The van der Waals surface area contributed by atoms with Gasteiger partial charge in [0.15, 0.2) is 6.61 Å². The molecule has 3 aromatic carbocycles. The van der Waals surface area contributed by atoms with Gasteiger partial charge in [-0.15, -0.1) is 0 Å². The molecule has 1 aliphatic rings. The summed E-state index contributed by atoms with van der Waals surface area (Å²) in [5.41, 5.74) is 4.50. The number of para-hydroxylation sites is 4. The summed E-state index contributed by atoms with van der Waals surface area (Å²) in [7, 11) is 0. The number of hydrogen-bond acceptors (Lipinski definition) is 4. The maximum atomic E-state index is 13.1. The fourth-order valence-corrected chi connectivity index (χ4v) is 4.32. The van der Waals surface area contributed by atoms with Crippen LogP contribution in [0.2, 0.25) is 0 Å². The molecule has 2 amide bonds. The van der Waals surface area contributed by atoms with Crippen LogP contribution in [-0.4, -0.2) is 34.4 Å². The Morgan fingerprint density at radius 3 is 2.62 bits per heavy atom. The Morgan fingerprint density at radius 2 is 1.82 bits per heavy atom. The lowest BCUT2D eigenvalue weighted by atomic mass is 10.1. The number of fused-ring (bicyclic) bond motifs is 2. The summed E-state index contributed by atoms with van der Waals surface area (Å²) >= 11 is 0. The number of benzene rings is 3. The maximum absolute atomic E-state index is 13.1. The molecule has 0 aliphatic carbocycles.